The minimum absolute atomic E-state index is 0.00825. The van der Waals surface area contributed by atoms with Crippen molar-refractivity contribution in [3.63, 3.8) is 0 Å². The van der Waals surface area contributed by atoms with Crippen LogP contribution in [0.25, 0.3) is 10.6 Å². The van der Waals surface area contributed by atoms with E-state index in [4.69, 9.17) is 9.72 Å². The van der Waals surface area contributed by atoms with E-state index in [9.17, 15) is 9.59 Å². The molecule has 1 amide bonds. The number of nitrogens with zero attached hydrogens (tertiary/aromatic N) is 3. The SMILES string of the molecule is COC(=O)c1ccc(C(=O)N2CCN(Cc3csc(-c4ccccc4)n3)CC2)cc1. The van der Waals surface area contributed by atoms with Gasteiger partial charge >= 0.3 is 5.97 Å². The van der Waals surface area contributed by atoms with Gasteiger partial charge in [-0.2, -0.15) is 0 Å². The van der Waals surface area contributed by atoms with E-state index in [1.54, 1.807) is 35.6 Å². The number of hydrogen-bond acceptors (Lipinski definition) is 6. The molecule has 154 valence electrons. The van der Waals surface area contributed by atoms with E-state index in [1.807, 2.05) is 23.1 Å². The fraction of sp³-hybridized carbons (Fsp3) is 0.261. The third kappa shape index (κ3) is 4.58. The molecule has 1 aliphatic heterocycles. The second-order valence-corrected chi connectivity index (χ2v) is 8.01. The lowest BCUT2D eigenvalue weighted by Gasteiger charge is -2.34. The first-order valence-corrected chi connectivity index (χ1v) is 10.7. The Kier molecular flexibility index (Phi) is 6.21. The maximum Gasteiger partial charge on any atom is 0.337 e. The number of thiazole rings is 1. The Bertz CT molecular complexity index is 1010. The minimum atomic E-state index is -0.403. The number of ether oxygens (including phenoxy) is 1. The van der Waals surface area contributed by atoms with Crippen LogP contribution in [0.15, 0.2) is 60.0 Å². The molecule has 2 heterocycles. The molecule has 0 radical (unpaired) electrons. The number of hydrogen-bond donors (Lipinski definition) is 0. The molecule has 0 aliphatic carbocycles. The van der Waals surface area contributed by atoms with Crippen molar-refractivity contribution in [3.05, 3.63) is 76.8 Å². The molecule has 0 saturated carbocycles. The molecule has 4 rings (SSSR count). The van der Waals surface area contributed by atoms with Gasteiger partial charge in [0.2, 0.25) is 0 Å². The van der Waals surface area contributed by atoms with E-state index in [2.05, 4.69) is 22.4 Å². The Hall–Kier alpha value is -3.03. The van der Waals surface area contributed by atoms with Gasteiger partial charge in [0.05, 0.1) is 18.4 Å². The number of piperazine rings is 1. The van der Waals surface area contributed by atoms with Crippen LogP contribution in [0.1, 0.15) is 26.4 Å². The first kappa shape index (κ1) is 20.3. The molecule has 1 fully saturated rings. The summed E-state index contributed by atoms with van der Waals surface area (Å²) in [6.07, 6.45) is 0. The van der Waals surface area contributed by atoms with Crippen LogP contribution in [0, 0.1) is 0 Å². The van der Waals surface area contributed by atoms with Crippen LogP contribution in [0.4, 0.5) is 0 Å². The molecule has 1 aromatic heterocycles. The van der Waals surface area contributed by atoms with Gasteiger partial charge in [-0.15, -0.1) is 11.3 Å². The Balaban J connectivity index is 1.31. The molecule has 6 nitrogen and oxygen atoms in total. The van der Waals surface area contributed by atoms with Gasteiger partial charge in [-0.05, 0) is 24.3 Å². The summed E-state index contributed by atoms with van der Waals surface area (Å²) in [5, 5.41) is 3.15. The number of benzene rings is 2. The van der Waals surface area contributed by atoms with Crippen LogP contribution in [0.2, 0.25) is 0 Å². The Labute approximate surface area is 179 Å². The molecule has 0 N–H and O–H groups in total. The zero-order chi connectivity index (χ0) is 20.9. The van der Waals surface area contributed by atoms with Gasteiger partial charge in [0.1, 0.15) is 5.01 Å². The van der Waals surface area contributed by atoms with Gasteiger partial charge in [0.25, 0.3) is 5.91 Å². The van der Waals surface area contributed by atoms with Crippen molar-refractivity contribution in [2.45, 2.75) is 6.54 Å². The summed E-state index contributed by atoms with van der Waals surface area (Å²) in [7, 11) is 1.34. The largest absolute Gasteiger partial charge is 0.465 e. The van der Waals surface area contributed by atoms with Crippen molar-refractivity contribution in [1.29, 1.82) is 0 Å². The highest BCUT2D eigenvalue weighted by Gasteiger charge is 2.23. The van der Waals surface area contributed by atoms with Crippen LogP contribution in [0.5, 0.6) is 0 Å². The van der Waals surface area contributed by atoms with Gasteiger partial charge in [-0.1, -0.05) is 30.3 Å². The number of methoxy groups -OCH3 is 1. The standard InChI is InChI=1S/C23H23N3O3S/c1-29-23(28)19-9-7-18(8-10-19)22(27)26-13-11-25(12-14-26)15-20-16-30-21(24-20)17-5-3-2-4-6-17/h2-10,16H,11-15H2,1H3. The van der Waals surface area contributed by atoms with Crippen molar-refractivity contribution in [2.24, 2.45) is 0 Å². The number of rotatable bonds is 5. The van der Waals surface area contributed by atoms with Crippen LogP contribution < -0.4 is 0 Å². The van der Waals surface area contributed by atoms with Crippen molar-refractivity contribution in [3.8, 4) is 10.6 Å². The first-order chi connectivity index (χ1) is 14.6. The second kappa shape index (κ2) is 9.19. The van der Waals surface area contributed by atoms with Gasteiger partial charge in [-0.25, -0.2) is 9.78 Å². The average Bonchev–Trinajstić information content (AvgIpc) is 3.28. The zero-order valence-electron chi connectivity index (χ0n) is 16.8. The van der Waals surface area contributed by atoms with E-state index in [0.29, 0.717) is 24.2 Å². The highest BCUT2D eigenvalue weighted by molar-refractivity contribution is 7.13. The van der Waals surface area contributed by atoms with E-state index in [-0.39, 0.29) is 5.91 Å². The quantitative estimate of drug-likeness (QED) is 0.590. The predicted octanol–water partition coefficient (Wildman–Crippen LogP) is 3.55. The molecule has 0 unspecified atom stereocenters. The molecule has 1 saturated heterocycles. The number of amides is 1. The van der Waals surface area contributed by atoms with E-state index >= 15 is 0 Å². The summed E-state index contributed by atoms with van der Waals surface area (Å²) in [6.45, 7) is 3.76. The lowest BCUT2D eigenvalue weighted by molar-refractivity contribution is 0.0596. The lowest BCUT2D eigenvalue weighted by Crippen LogP contribution is -2.48. The molecule has 7 heteroatoms. The Morgan fingerprint density at radius 1 is 0.967 bits per heavy atom. The summed E-state index contributed by atoms with van der Waals surface area (Å²) in [5.74, 6) is -0.411. The van der Waals surface area contributed by atoms with Crippen LogP contribution >= 0.6 is 11.3 Å². The number of carbonyl (C=O) groups is 2. The molecule has 3 aromatic rings. The Morgan fingerprint density at radius 2 is 1.63 bits per heavy atom. The summed E-state index contributed by atoms with van der Waals surface area (Å²) >= 11 is 1.66. The molecular formula is C23H23N3O3S. The second-order valence-electron chi connectivity index (χ2n) is 7.15. The fourth-order valence-corrected chi connectivity index (χ4v) is 4.30. The summed E-state index contributed by atoms with van der Waals surface area (Å²) in [4.78, 5) is 33.2. The normalized spacial score (nSPS) is 14.5. The topological polar surface area (TPSA) is 62.7 Å². The predicted molar refractivity (Wildman–Crippen MR) is 117 cm³/mol. The summed E-state index contributed by atoms with van der Waals surface area (Å²) in [6, 6.07) is 16.8. The van der Waals surface area contributed by atoms with Crippen LogP contribution in [-0.2, 0) is 11.3 Å². The highest BCUT2D eigenvalue weighted by atomic mass is 32.1. The average molecular weight is 422 g/mol. The van der Waals surface area contributed by atoms with E-state index in [1.165, 1.54) is 7.11 Å². The lowest BCUT2D eigenvalue weighted by atomic mass is 10.1. The fourth-order valence-electron chi connectivity index (χ4n) is 3.48. The minimum Gasteiger partial charge on any atom is -0.465 e. The molecule has 0 bridgehead atoms. The van der Waals surface area contributed by atoms with E-state index in [0.717, 1.165) is 35.9 Å². The third-order valence-corrected chi connectivity index (χ3v) is 6.11. The van der Waals surface area contributed by atoms with Gasteiger partial charge in [0, 0.05) is 49.2 Å². The molecule has 1 aliphatic rings. The number of aromatic nitrogens is 1. The smallest absolute Gasteiger partial charge is 0.337 e. The number of esters is 1. The molecular weight excluding hydrogens is 398 g/mol. The zero-order valence-corrected chi connectivity index (χ0v) is 17.6. The maximum atomic E-state index is 12.8. The summed E-state index contributed by atoms with van der Waals surface area (Å²) < 4.78 is 4.70. The first-order valence-electron chi connectivity index (χ1n) is 9.84. The van der Waals surface area contributed by atoms with Crippen LogP contribution in [0.3, 0.4) is 0 Å². The van der Waals surface area contributed by atoms with Crippen LogP contribution in [-0.4, -0.2) is 59.9 Å². The third-order valence-electron chi connectivity index (χ3n) is 5.17. The van der Waals surface area contributed by atoms with Crippen molar-refractivity contribution < 1.29 is 14.3 Å². The van der Waals surface area contributed by atoms with Crippen molar-refractivity contribution in [2.75, 3.05) is 33.3 Å². The van der Waals surface area contributed by atoms with Gasteiger partial charge in [0.15, 0.2) is 0 Å². The maximum absolute atomic E-state index is 12.8. The van der Waals surface area contributed by atoms with Gasteiger partial charge in [-0.3, -0.25) is 9.69 Å². The monoisotopic (exact) mass is 421 g/mol. The molecule has 2 aromatic carbocycles. The van der Waals surface area contributed by atoms with Crippen molar-refractivity contribution in [1.82, 2.24) is 14.8 Å². The van der Waals surface area contributed by atoms with Gasteiger partial charge < -0.3 is 9.64 Å². The highest BCUT2D eigenvalue weighted by Crippen LogP contribution is 2.24. The molecule has 0 spiro atoms. The van der Waals surface area contributed by atoms with E-state index < -0.39 is 5.97 Å². The summed E-state index contributed by atoms with van der Waals surface area (Å²) in [5.41, 5.74) is 3.24. The van der Waals surface area contributed by atoms with Crippen molar-refractivity contribution >= 4 is 23.2 Å². The molecule has 0 atom stereocenters. The molecule has 30 heavy (non-hydrogen) atoms. The number of carbonyl (C=O) groups excluding carboxylic acids is 2. The Morgan fingerprint density at radius 3 is 2.30 bits per heavy atom.